The van der Waals surface area contributed by atoms with Gasteiger partial charge in [0, 0.05) is 17.4 Å². The molecular weight excluding hydrogens is 280 g/mol. The Morgan fingerprint density at radius 3 is 3.00 bits per heavy atom. The smallest absolute Gasteiger partial charge is 0.251 e. The van der Waals surface area contributed by atoms with Gasteiger partial charge in [0.05, 0.1) is 11.6 Å². The number of rotatable bonds is 5. The number of benzene rings is 1. The Morgan fingerprint density at radius 1 is 1.59 bits per heavy atom. The normalized spacial score (nSPS) is 11.6. The van der Waals surface area contributed by atoms with Gasteiger partial charge < -0.3 is 5.32 Å². The van der Waals surface area contributed by atoms with Crippen LogP contribution in [0.25, 0.3) is 0 Å². The molecule has 1 amide bonds. The second-order valence-corrected chi connectivity index (χ2v) is 4.78. The number of nitrogens with zero attached hydrogens (tertiary/aromatic N) is 1. The highest BCUT2D eigenvalue weighted by molar-refractivity contribution is 9.09. The van der Waals surface area contributed by atoms with E-state index in [1.165, 1.54) is 0 Å². The van der Waals surface area contributed by atoms with Crippen molar-refractivity contribution in [3.8, 4) is 6.07 Å². The van der Waals surface area contributed by atoms with Crippen LogP contribution in [0.2, 0.25) is 0 Å². The first-order chi connectivity index (χ1) is 8.17. The van der Waals surface area contributed by atoms with E-state index < -0.39 is 0 Å². The highest BCUT2D eigenvalue weighted by Gasteiger charge is 2.07. The summed E-state index contributed by atoms with van der Waals surface area (Å²) in [6.45, 7) is 2.74. The zero-order valence-electron chi connectivity index (χ0n) is 9.74. The molecule has 0 bridgehead atoms. The summed E-state index contributed by atoms with van der Waals surface area (Å²) < 4.78 is 0. The zero-order valence-corrected chi connectivity index (χ0v) is 11.3. The number of carbonyl (C=O) groups is 1. The number of nitriles is 1. The Bertz CT molecular complexity index is 426. The summed E-state index contributed by atoms with van der Waals surface area (Å²) >= 11 is 3.37. The van der Waals surface area contributed by atoms with Crippen LogP contribution >= 0.6 is 15.9 Å². The van der Waals surface area contributed by atoms with Crippen molar-refractivity contribution in [2.24, 2.45) is 5.92 Å². The monoisotopic (exact) mass is 294 g/mol. The Labute approximate surface area is 110 Å². The van der Waals surface area contributed by atoms with Gasteiger partial charge in [-0.05, 0) is 30.5 Å². The van der Waals surface area contributed by atoms with Crippen molar-refractivity contribution in [2.75, 3.05) is 11.9 Å². The van der Waals surface area contributed by atoms with Crippen LogP contribution in [-0.2, 0) is 0 Å². The standard InChI is InChI=1S/C13H15BrN2O/c1-10(5-6-14)9-16-13(17)12-4-2-3-11(7-12)8-15/h2-4,7,10H,5-6,9H2,1H3,(H,16,17). The van der Waals surface area contributed by atoms with E-state index in [1.807, 2.05) is 6.07 Å². The predicted molar refractivity (Wildman–Crippen MR) is 71.1 cm³/mol. The predicted octanol–water partition coefficient (Wildman–Crippen LogP) is 2.71. The number of carbonyl (C=O) groups excluding carboxylic acids is 1. The fourth-order valence-electron chi connectivity index (χ4n) is 1.39. The van der Waals surface area contributed by atoms with Gasteiger partial charge in [0.2, 0.25) is 0 Å². The third kappa shape index (κ3) is 4.58. The van der Waals surface area contributed by atoms with Gasteiger partial charge in [-0.3, -0.25) is 4.79 Å². The van der Waals surface area contributed by atoms with Crippen LogP contribution in [0.3, 0.4) is 0 Å². The molecule has 4 heteroatoms. The summed E-state index contributed by atoms with van der Waals surface area (Å²) in [5.74, 6) is 0.320. The van der Waals surface area contributed by atoms with Gasteiger partial charge in [-0.1, -0.05) is 28.9 Å². The zero-order chi connectivity index (χ0) is 12.7. The second kappa shape index (κ2) is 7.08. The maximum atomic E-state index is 11.8. The second-order valence-electron chi connectivity index (χ2n) is 3.99. The Kier molecular flexibility index (Phi) is 5.71. The summed E-state index contributed by atoms with van der Waals surface area (Å²) in [5, 5.41) is 12.5. The van der Waals surface area contributed by atoms with Gasteiger partial charge in [0.1, 0.15) is 0 Å². The molecule has 17 heavy (non-hydrogen) atoms. The van der Waals surface area contributed by atoms with Crippen molar-refractivity contribution in [1.29, 1.82) is 5.26 Å². The van der Waals surface area contributed by atoms with Crippen molar-refractivity contribution in [3.05, 3.63) is 35.4 Å². The lowest BCUT2D eigenvalue weighted by Crippen LogP contribution is -2.28. The third-order valence-electron chi connectivity index (χ3n) is 2.47. The van der Waals surface area contributed by atoms with Gasteiger partial charge in [-0.15, -0.1) is 0 Å². The highest BCUT2D eigenvalue weighted by atomic mass is 79.9. The molecule has 0 fully saturated rings. The molecule has 1 unspecified atom stereocenters. The van der Waals surface area contributed by atoms with Crippen LogP contribution in [0.5, 0.6) is 0 Å². The van der Waals surface area contributed by atoms with Gasteiger partial charge in [0.25, 0.3) is 5.91 Å². The number of hydrogen-bond donors (Lipinski definition) is 1. The van der Waals surface area contributed by atoms with Gasteiger partial charge in [0.15, 0.2) is 0 Å². The highest BCUT2D eigenvalue weighted by Crippen LogP contribution is 2.06. The molecule has 0 aromatic heterocycles. The molecule has 90 valence electrons. The van der Waals surface area contributed by atoms with Crippen LogP contribution < -0.4 is 5.32 Å². The van der Waals surface area contributed by atoms with Crippen LogP contribution in [0.4, 0.5) is 0 Å². The van der Waals surface area contributed by atoms with E-state index in [2.05, 4.69) is 28.2 Å². The molecule has 1 aromatic rings. The number of hydrogen-bond acceptors (Lipinski definition) is 2. The van der Waals surface area contributed by atoms with Crippen molar-refractivity contribution < 1.29 is 4.79 Å². The van der Waals surface area contributed by atoms with E-state index in [1.54, 1.807) is 24.3 Å². The van der Waals surface area contributed by atoms with Gasteiger partial charge >= 0.3 is 0 Å². The number of halogens is 1. The molecule has 1 aromatic carbocycles. The first-order valence-corrected chi connectivity index (χ1v) is 6.64. The van der Waals surface area contributed by atoms with Gasteiger partial charge in [-0.2, -0.15) is 5.26 Å². The minimum absolute atomic E-state index is 0.122. The molecule has 0 saturated carbocycles. The van der Waals surface area contributed by atoms with Crippen LogP contribution in [0, 0.1) is 17.2 Å². The summed E-state index contributed by atoms with van der Waals surface area (Å²) in [6.07, 6.45) is 1.03. The van der Waals surface area contributed by atoms with Crippen molar-refractivity contribution in [2.45, 2.75) is 13.3 Å². The fourth-order valence-corrected chi connectivity index (χ4v) is 2.17. The molecule has 0 saturated heterocycles. The largest absolute Gasteiger partial charge is 0.352 e. The van der Waals surface area contributed by atoms with Crippen molar-refractivity contribution >= 4 is 21.8 Å². The van der Waals surface area contributed by atoms with E-state index >= 15 is 0 Å². The molecule has 0 spiro atoms. The van der Waals surface area contributed by atoms with E-state index in [9.17, 15) is 4.79 Å². The van der Waals surface area contributed by atoms with Crippen molar-refractivity contribution in [1.82, 2.24) is 5.32 Å². The maximum absolute atomic E-state index is 11.8. The number of nitrogens with one attached hydrogen (secondary N) is 1. The van der Waals surface area contributed by atoms with E-state index in [0.29, 0.717) is 23.6 Å². The minimum atomic E-state index is -0.122. The van der Waals surface area contributed by atoms with E-state index in [4.69, 9.17) is 5.26 Å². The molecule has 0 aliphatic rings. The number of alkyl halides is 1. The first kappa shape index (κ1) is 13.7. The lowest BCUT2D eigenvalue weighted by atomic mass is 10.1. The van der Waals surface area contributed by atoms with Crippen molar-refractivity contribution in [3.63, 3.8) is 0 Å². The lowest BCUT2D eigenvalue weighted by Gasteiger charge is -2.11. The Balaban J connectivity index is 2.55. The van der Waals surface area contributed by atoms with Crippen LogP contribution in [0.15, 0.2) is 24.3 Å². The van der Waals surface area contributed by atoms with E-state index in [0.717, 1.165) is 11.8 Å². The lowest BCUT2D eigenvalue weighted by molar-refractivity contribution is 0.0948. The minimum Gasteiger partial charge on any atom is -0.352 e. The molecule has 0 radical (unpaired) electrons. The first-order valence-electron chi connectivity index (χ1n) is 5.51. The van der Waals surface area contributed by atoms with Crippen LogP contribution in [0.1, 0.15) is 29.3 Å². The average molecular weight is 295 g/mol. The molecule has 3 nitrogen and oxygen atoms in total. The Morgan fingerprint density at radius 2 is 2.35 bits per heavy atom. The quantitative estimate of drug-likeness (QED) is 0.849. The molecule has 1 atom stereocenters. The third-order valence-corrected chi connectivity index (χ3v) is 2.92. The molecule has 0 aliphatic carbocycles. The molecule has 0 heterocycles. The summed E-state index contributed by atoms with van der Waals surface area (Å²) in [7, 11) is 0. The average Bonchev–Trinajstić information content (AvgIpc) is 2.36. The SMILES string of the molecule is CC(CCBr)CNC(=O)c1cccc(C#N)c1. The molecule has 0 aliphatic heterocycles. The van der Waals surface area contributed by atoms with Gasteiger partial charge in [-0.25, -0.2) is 0 Å². The fraction of sp³-hybridized carbons (Fsp3) is 0.385. The molecule has 1 rings (SSSR count). The van der Waals surface area contributed by atoms with E-state index in [-0.39, 0.29) is 5.91 Å². The molecular formula is C13H15BrN2O. The topological polar surface area (TPSA) is 52.9 Å². The number of amides is 1. The maximum Gasteiger partial charge on any atom is 0.251 e. The Hall–Kier alpha value is -1.34. The summed E-state index contributed by atoms with van der Waals surface area (Å²) in [5.41, 5.74) is 1.04. The summed E-state index contributed by atoms with van der Waals surface area (Å²) in [6, 6.07) is 8.74. The van der Waals surface area contributed by atoms with Crippen LogP contribution in [-0.4, -0.2) is 17.8 Å². The summed E-state index contributed by atoms with van der Waals surface area (Å²) in [4.78, 5) is 11.8. The molecule has 1 N–H and O–H groups in total.